The number of carbonyl (C=O) groups excluding carboxylic acids is 1. The molecular weight excluding hydrogens is 384 g/mol. The van der Waals surface area contributed by atoms with Crippen molar-refractivity contribution in [2.45, 2.75) is 10.6 Å². The van der Waals surface area contributed by atoms with Gasteiger partial charge < -0.3 is 10.1 Å². The number of hydrogen-bond donors (Lipinski definition) is 1. The Morgan fingerprint density at radius 1 is 1.22 bits per heavy atom. The third-order valence-electron chi connectivity index (χ3n) is 4.19. The molecule has 8 heteroatoms. The Labute approximate surface area is 163 Å². The third kappa shape index (κ3) is 3.29. The lowest BCUT2D eigenvalue weighted by Gasteiger charge is -2.14. The van der Waals surface area contributed by atoms with Crippen LogP contribution in [0.15, 0.2) is 53.4 Å². The minimum absolute atomic E-state index is 0.109. The molecular formula is C19H14N2O4S2. The van der Waals surface area contributed by atoms with Crippen molar-refractivity contribution in [3.05, 3.63) is 69.1 Å². The van der Waals surface area contributed by atoms with E-state index in [1.807, 2.05) is 18.2 Å². The van der Waals surface area contributed by atoms with Crippen molar-refractivity contribution < 1.29 is 14.5 Å². The lowest BCUT2D eigenvalue weighted by atomic mass is 10.1. The van der Waals surface area contributed by atoms with E-state index in [-0.39, 0.29) is 17.3 Å². The summed E-state index contributed by atoms with van der Waals surface area (Å²) < 4.78 is 5.21. The van der Waals surface area contributed by atoms with Crippen LogP contribution in [0.2, 0.25) is 0 Å². The highest BCUT2D eigenvalue weighted by atomic mass is 32.2. The molecule has 0 unspecified atom stereocenters. The Kier molecular flexibility index (Phi) is 4.59. The van der Waals surface area contributed by atoms with Gasteiger partial charge in [0, 0.05) is 33.2 Å². The molecule has 2 heterocycles. The van der Waals surface area contributed by atoms with E-state index in [9.17, 15) is 14.9 Å². The van der Waals surface area contributed by atoms with E-state index in [2.05, 4.69) is 17.4 Å². The first-order chi connectivity index (χ1) is 13.1. The Hall–Kier alpha value is -2.84. The molecule has 1 aliphatic heterocycles. The standard InChI is InChI=1S/C19H14N2O4S2/c1-25-15-7-6-12(21(23)24)9-14(15)20-19(22)17-8-11-10-26-16-5-3-2-4-13(16)18(11)27-17/h2-9H,10H2,1H3,(H,20,22). The lowest BCUT2D eigenvalue weighted by molar-refractivity contribution is -0.384. The topological polar surface area (TPSA) is 81.5 Å². The summed E-state index contributed by atoms with van der Waals surface area (Å²) in [6.07, 6.45) is 0. The van der Waals surface area contributed by atoms with E-state index in [0.717, 1.165) is 21.8 Å². The van der Waals surface area contributed by atoms with Gasteiger partial charge in [0.1, 0.15) is 5.75 Å². The predicted octanol–water partition coefficient (Wildman–Crippen LogP) is 5.19. The van der Waals surface area contributed by atoms with Crippen LogP contribution in [0.25, 0.3) is 10.4 Å². The highest BCUT2D eigenvalue weighted by Crippen LogP contribution is 2.45. The van der Waals surface area contributed by atoms with Gasteiger partial charge in [0.2, 0.25) is 0 Å². The number of thioether (sulfide) groups is 1. The molecule has 136 valence electrons. The fourth-order valence-corrected chi connectivity index (χ4v) is 5.21. The van der Waals surface area contributed by atoms with Gasteiger partial charge in [-0.2, -0.15) is 0 Å². The second-order valence-electron chi connectivity index (χ2n) is 5.85. The van der Waals surface area contributed by atoms with E-state index in [1.54, 1.807) is 11.8 Å². The largest absolute Gasteiger partial charge is 0.495 e. The van der Waals surface area contributed by atoms with Crippen LogP contribution in [-0.2, 0) is 5.75 Å². The molecule has 0 atom stereocenters. The summed E-state index contributed by atoms with van der Waals surface area (Å²) in [5.41, 5.74) is 2.43. The number of methoxy groups -OCH3 is 1. The number of nitrogens with one attached hydrogen (secondary N) is 1. The molecule has 1 N–H and O–H groups in total. The first-order valence-corrected chi connectivity index (χ1v) is 9.85. The number of amides is 1. The van der Waals surface area contributed by atoms with Gasteiger partial charge in [-0.25, -0.2) is 0 Å². The SMILES string of the molecule is COc1ccc([N+](=O)[O-])cc1NC(=O)c1cc2c(s1)-c1ccccc1SC2. The monoisotopic (exact) mass is 398 g/mol. The van der Waals surface area contributed by atoms with Crippen LogP contribution in [0.3, 0.4) is 0 Å². The number of nitro benzene ring substituents is 1. The van der Waals surface area contributed by atoms with Gasteiger partial charge in [-0.3, -0.25) is 14.9 Å². The number of anilines is 1. The van der Waals surface area contributed by atoms with E-state index >= 15 is 0 Å². The number of thiophene rings is 1. The van der Waals surface area contributed by atoms with Crippen molar-refractivity contribution in [3.8, 4) is 16.2 Å². The molecule has 1 amide bonds. The summed E-state index contributed by atoms with van der Waals surface area (Å²) in [5, 5.41) is 13.8. The Morgan fingerprint density at radius 3 is 2.81 bits per heavy atom. The van der Waals surface area contributed by atoms with Gasteiger partial charge in [0.25, 0.3) is 11.6 Å². The second-order valence-corrected chi connectivity index (χ2v) is 7.92. The Bertz CT molecular complexity index is 1060. The maximum absolute atomic E-state index is 12.8. The summed E-state index contributed by atoms with van der Waals surface area (Å²) in [6.45, 7) is 0. The first-order valence-electron chi connectivity index (χ1n) is 8.05. The summed E-state index contributed by atoms with van der Waals surface area (Å²) in [6, 6.07) is 14.1. The van der Waals surface area contributed by atoms with E-state index < -0.39 is 4.92 Å². The molecule has 0 fully saturated rings. The maximum atomic E-state index is 12.8. The van der Waals surface area contributed by atoms with E-state index in [1.165, 1.54) is 41.5 Å². The van der Waals surface area contributed by atoms with Crippen LogP contribution in [0.1, 0.15) is 15.2 Å². The summed E-state index contributed by atoms with van der Waals surface area (Å²) >= 11 is 3.18. The number of ether oxygens (including phenoxy) is 1. The second kappa shape index (κ2) is 7.05. The number of non-ortho nitro benzene ring substituents is 1. The minimum atomic E-state index is -0.507. The molecule has 0 saturated carbocycles. The normalized spacial score (nSPS) is 12.0. The summed E-state index contributed by atoms with van der Waals surface area (Å²) in [5.74, 6) is 0.878. The summed E-state index contributed by atoms with van der Waals surface area (Å²) in [7, 11) is 1.45. The van der Waals surface area contributed by atoms with Crippen LogP contribution in [0.5, 0.6) is 5.75 Å². The van der Waals surface area contributed by atoms with Crippen molar-refractivity contribution in [3.63, 3.8) is 0 Å². The molecule has 4 rings (SSSR count). The zero-order valence-electron chi connectivity index (χ0n) is 14.2. The van der Waals surface area contributed by atoms with Crippen LogP contribution in [-0.4, -0.2) is 17.9 Å². The molecule has 0 spiro atoms. The fraction of sp³-hybridized carbons (Fsp3) is 0.105. The number of fused-ring (bicyclic) bond motifs is 3. The Balaban J connectivity index is 1.65. The zero-order valence-corrected chi connectivity index (χ0v) is 15.9. The number of nitrogens with zero attached hydrogens (tertiary/aromatic N) is 1. The van der Waals surface area contributed by atoms with Crippen molar-refractivity contribution in [1.29, 1.82) is 0 Å². The number of carbonyl (C=O) groups is 1. The van der Waals surface area contributed by atoms with E-state index in [0.29, 0.717) is 10.6 Å². The fourth-order valence-electron chi connectivity index (χ4n) is 2.90. The predicted molar refractivity (Wildman–Crippen MR) is 107 cm³/mol. The minimum Gasteiger partial charge on any atom is -0.495 e. The van der Waals surface area contributed by atoms with Crippen molar-refractivity contribution in [2.24, 2.45) is 0 Å². The van der Waals surface area contributed by atoms with Gasteiger partial charge in [-0.1, -0.05) is 18.2 Å². The Morgan fingerprint density at radius 2 is 2.04 bits per heavy atom. The van der Waals surface area contributed by atoms with Crippen molar-refractivity contribution in [1.82, 2.24) is 0 Å². The zero-order chi connectivity index (χ0) is 19.0. The lowest BCUT2D eigenvalue weighted by Crippen LogP contribution is -2.11. The average Bonchev–Trinajstić information content (AvgIpc) is 3.13. The number of benzene rings is 2. The van der Waals surface area contributed by atoms with Crippen LogP contribution in [0.4, 0.5) is 11.4 Å². The number of rotatable bonds is 4. The van der Waals surface area contributed by atoms with Crippen LogP contribution >= 0.6 is 23.1 Å². The quantitative estimate of drug-likeness (QED) is 0.483. The van der Waals surface area contributed by atoms with Crippen LogP contribution < -0.4 is 10.1 Å². The third-order valence-corrected chi connectivity index (χ3v) is 6.52. The highest BCUT2D eigenvalue weighted by molar-refractivity contribution is 7.98. The molecule has 1 aliphatic rings. The van der Waals surface area contributed by atoms with Crippen molar-refractivity contribution in [2.75, 3.05) is 12.4 Å². The molecule has 0 bridgehead atoms. The summed E-state index contributed by atoms with van der Waals surface area (Å²) in [4.78, 5) is 26.1. The number of nitro groups is 1. The molecule has 0 radical (unpaired) electrons. The van der Waals surface area contributed by atoms with Crippen LogP contribution in [0, 0.1) is 10.1 Å². The number of hydrogen-bond acceptors (Lipinski definition) is 6. The van der Waals surface area contributed by atoms with Gasteiger partial charge in [0.15, 0.2) is 0 Å². The maximum Gasteiger partial charge on any atom is 0.271 e. The highest BCUT2D eigenvalue weighted by Gasteiger charge is 2.22. The molecule has 0 saturated heterocycles. The first kappa shape index (κ1) is 17.6. The molecule has 3 aromatic rings. The molecule has 2 aromatic carbocycles. The molecule has 0 aliphatic carbocycles. The molecule has 27 heavy (non-hydrogen) atoms. The average molecular weight is 398 g/mol. The van der Waals surface area contributed by atoms with Gasteiger partial charge in [-0.05, 0) is 23.8 Å². The van der Waals surface area contributed by atoms with Gasteiger partial charge in [-0.15, -0.1) is 23.1 Å². The van der Waals surface area contributed by atoms with Crippen molar-refractivity contribution >= 4 is 40.4 Å². The van der Waals surface area contributed by atoms with Gasteiger partial charge in [0.05, 0.1) is 22.6 Å². The van der Waals surface area contributed by atoms with Gasteiger partial charge >= 0.3 is 0 Å². The molecule has 1 aromatic heterocycles. The smallest absolute Gasteiger partial charge is 0.271 e. The van der Waals surface area contributed by atoms with E-state index in [4.69, 9.17) is 4.74 Å². The molecule has 6 nitrogen and oxygen atoms in total.